The molecule has 0 spiro atoms. The van der Waals surface area contributed by atoms with Gasteiger partial charge in [0.25, 0.3) is 5.91 Å². The van der Waals surface area contributed by atoms with Gasteiger partial charge in [0.15, 0.2) is 11.8 Å². The van der Waals surface area contributed by atoms with Crippen molar-refractivity contribution in [2.24, 2.45) is 16.6 Å². The number of amidine groups is 1. The van der Waals surface area contributed by atoms with Gasteiger partial charge in [0.05, 0.1) is 29.3 Å². The molecule has 0 saturated heterocycles. The van der Waals surface area contributed by atoms with Gasteiger partial charge in [-0.05, 0) is 31.5 Å². The van der Waals surface area contributed by atoms with Crippen molar-refractivity contribution in [3.8, 4) is 5.88 Å². The Labute approximate surface area is 196 Å². The zero-order valence-electron chi connectivity index (χ0n) is 18.1. The van der Waals surface area contributed by atoms with Gasteiger partial charge in [-0.1, -0.05) is 11.8 Å². The van der Waals surface area contributed by atoms with Crippen LogP contribution in [-0.2, 0) is 10.3 Å². The van der Waals surface area contributed by atoms with Gasteiger partial charge in [-0.25, -0.2) is 14.4 Å². The van der Waals surface area contributed by atoms with Crippen LogP contribution in [0.4, 0.5) is 23.2 Å². The van der Waals surface area contributed by atoms with E-state index in [9.17, 15) is 22.4 Å². The summed E-state index contributed by atoms with van der Waals surface area (Å²) in [5.41, 5.74) is 5.51. The molecule has 34 heavy (non-hydrogen) atoms. The van der Waals surface area contributed by atoms with Crippen molar-refractivity contribution in [1.29, 1.82) is 0 Å². The highest BCUT2D eigenvalue weighted by Crippen LogP contribution is 2.66. The minimum absolute atomic E-state index is 0.00666. The highest BCUT2D eigenvalue weighted by atomic mass is 32.2. The molecule has 8 nitrogen and oxygen atoms in total. The molecular weight excluding hydrogens is 478 g/mol. The number of aromatic nitrogens is 2. The number of methoxy groups -OCH3 is 1. The minimum atomic E-state index is -4.52. The number of thioether (sulfide) groups is 1. The topological polar surface area (TPSA) is 112 Å². The van der Waals surface area contributed by atoms with Crippen molar-refractivity contribution in [2.45, 2.75) is 29.8 Å². The molecule has 2 aliphatic rings. The maximum Gasteiger partial charge on any atom is 0.422 e. The van der Waals surface area contributed by atoms with E-state index in [0.717, 1.165) is 18.8 Å². The van der Waals surface area contributed by atoms with E-state index in [1.165, 1.54) is 30.0 Å². The molecule has 1 amide bonds. The number of fused-ring (bicyclic) bond motifs is 1. The van der Waals surface area contributed by atoms with Crippen LogP contribution >= 0.6 is 11.8 Å². The van der Waals surface area contributed by atoms with Crippen molar-refractivity contribution in [3.63, 3.8) is 0 Å². The summed E-state index contributed by atoms with van der Waals surface area (Å²) in [6, 6.07) is 4.10. The number of hydrogen-bond donors (Lipinski definition) is 2. The average Bonchev–Trinajstić information content (AvgIpc) is 3.48. The number of carbonyl (C=O) groups is 1. The summed E-state index contributed by atoms with van der Waals surface area (Å²) < 4.78 is 61.2. The molecule has 13 heteroatoms. The molecule has 1 aromatic heterocycles. The lowest BCUT2D eigenvalue weighted by Gasteiger charge is -2.34. The fourth-order valence-corrected chi connectivity index (χ4v) is 5.63. The molecular formula is C21H21F4N5O3S. The van der Waals surface area contributed by atoms with E-state index in [-0.39, 0.29) is 33.5 Å². The summed E-state index contributed by atoms with van der Waals surface area (Å²) in [6.07, 6.45) is -1.87. The second-order valence-electron chi connectivity index (χ2n) is 8.25. The van der Waals surface area contributed by atoms with Gasteiger partial charge in [-0.3, -0.25) is 9.79 Å². The largest absolute Gasteiger partial charge is 0.467 e. The highest BCUT2D eigenvalue weighted by molar-refractivity contribution is 8.15. The van der Waals surface area contributed by atoms with E-state index in [1.54, 1.807) is 14.0 Å². The van der Waals surface area contributed by atoms with Crippen LogP contribution in [0.3, 0.4) is 0 Å². The Morgan fingerprint density at radius 3 is 2.74 bits per heavy atom. The predicted molar refractivity (Wildman–Crippen MR) is 117 cm³/mol. The number of hydrogen-bond acceptors (Lipinski definition) is 8. The van der Waals surface area contributed by atoms with E-state index in [4.69, 9.17) is 10.5 Å². The first-order valence-electron chi connectivity index (χ1n) is 10.1. The van der Waals surface area contributed by atoms with E-state index >= 15 is 0 Å². The standard InChI is InChI=1S/C21H21F4N5O3S/c1-19(15-6-20(15,9-32-2)34-18(26)30-19)12-5-11(3-4-13(12)22)29-17(31)14-7-28-16(8-27-14)33-10-21(23,24)25/h3-5,7-8,15H,6,9-10H2,1-2H3,(H2,26,30)(H,29,31)/t15-,19-,20+/m0/s1. The molecule has 182 valence electrons. The molecule has 2 heterocycles. The Bertz CT molecular complexity index is 1130. The second kappa shape index (κ2) is 8.69. The first-order chi connectivity index (χ1) is 16.0. The monoisotopic (exact) mass is 499 g/mol. The molecule has 2 aromatic rings. The third-order valence-electron chi connectivity index (χ3n) is 5.76. The summed E-state index contributed by atoms with van der Waals surface area (Å²) in [5.74, 6) is -1.55. The molecule has 1 saturated carbocycles. The van der Waals surface area contributed by atoms with Crippen LogP contribution in [0.2, 0.25) is 0 Å². The van der Waals surface area contributed by atoms with Crippen LogP contribution in [0.15, 0.2) is 35.6 Å². The Hall–Kier alpha value is -2.93. The number of alkyl halides is 3. The number of halogens is 4. The number of rotatable bonds is 7. The number of aliphatic imine (C=N–C) groups is 1. The first-order valence-corrected chi connectivity index (χ1v) is 10.9. The molecule has 1 aromatic carbocycles. The molecule has 4 rings (SSSR count). The zero-order chi connectivity index (χ0) is 24.7. The van der Waals surface area contributed by atoms with Gasteiger partial charge in [-0.15, -0.1) is 0 Å². The summed E-state index contributed by atoms with van der Waals surface area (Å²) >= 11 is 1.43. The number of anilines is 1. The maximum absolute atomic E-state index is 14.9. The molecule has 3 atom stereocenters. The third kappa shape index (κ3) is 4.80. The number of ether oxygens (including phenoxy) is 2. The van der Waals surface area contributed by atoms with Crippen LogP contribution in [0.25, 0.3) is 0 Å². The number of nitrogens with one attached hydrogen (secondary N) is 1. The summed E-state index contributed by atoms with van der Waals surface area (Å²) in [6.45, 7) is 0.729. The number of nitrogens with two attached hydrogens (primary N) is 1. The lowest BCUT2D eigenvalue weighted by molar-refractivity contribution is -0.154. The van der Waals surface area contributed by atoms with Crippen molar-refractivity contribution < 1.29 is 31.8 Å². The van der Waals surface area contributed by atoms with Gasteiger partial charge in [0.1, 0.15) is 11.5 Å². The number of benzene rings is 1. The summed E-state index contributed by atoms with van der Waals surface area (Å²) in [4.78, 5) is 24.6. The smallest absolute Gasteiger partial charge is 0.422 e. The zero-order valence-corrected chi connectivity index (χ0v) is 19.0. The maximum atomic E-state index is 14.9. The Balaban J connectivity index is 1.52. The van der Waals surface area contributed by atoms with Crippen LogP contribution in [0.1, 0.15) is 29.4 Å². The van der Waals surface area contributed by atoms with Gasteiger partial charge < -0.3 is 20.5 Å². The van der Waals surface area contributed by atoms with Crippen molar-refractivity contribution in [3.05, 3.63) is 47.7 Å². The third-order valence-corrected chi connectivity index (χ3v) is 7.03. The molecule has 1 aliphatic carbocycles. The van der Waals surface area contributed by atoms with E-state index in [1.807, 2.05) is 0 Å². The van der Waals surface area contributed by atoms with Gasteiger partial charge in [-0.2, -0.15) is 13.2 Å². The fraction of sp³-hybridized carbons (Fsp3) is 0.429. The average molecular weight is 499 g/mol. The number of nitrogens with zero attached hydrogens (tertiary/aromatic N) is 3. The lowest BCUT2D eigenvalue weighted by Crippen LogP contribution is -2.37. The number of carbonyl (C=O) groups excluding carboxylic acids is 1. The molecule has 1 fully saturated rings. The Morgan fingerprint density at radius 1 is 1.32 bits per heavy atom. The van der Waals surface area contributed by atoms with Crippen LogP contribution in [-0.4, -0.2) is 52.3 Å². The van der Waals surface area contributed by atoms with Gasteiger partial charge >= 0.3 is 6.18 Å². The van der Waals surface area contributed by atoms with Crippen LogP contribution in [0.5, 0.6) is 5.88 Å². The normalized spacial score (nSPS) is 25.8. The Morgan fingerprint density at radius 2 is 2.09 bits per heavy atom. The van der Waals surface area contributed by atoms with Crippen LogP contribution in [0, 0.1) is 11.7 Å². The number of amides is 1. The van der Waals surface area contributed by atoms with Crippen molar-refractivity contribution >= 4 is 28.5 Å². The molecule has 0 bridgehead atoms. The Kier molecular flexibility index (Phi) is 6.19. The summed E-state index contributed by atoms with van der Waals surface area (Å²) in [5, 5.41) is 2.93. The summed E-state index contributed by atoms with van der Waals surface area (Å²) in [7, 11) is 1.60. The SMILES string of the molecule is COC[C@]12C[C@H]1[C@](C)(c1cc(NC(=O)c3cnc(OCC(F)(F)F)cn3)ccc1F)N=C(N)S2. The second-order valence-corrected chi connectivity index (χ2v) is 9.68. The molecule has 3 N–H and O–H groups in total. The molecule has 0 unspecified atom stereocenters. The fourth-order valence-electron chi connectivity index (χ4n) is 4.18. The minimum Gasteiger partial charge on any atom is -0.467 e. The molecule has 0 radical (unpaired) electrons. The van der Waals surface area contributed by atoms with Gasteiger partial charge in [0, 0.05) is 24.3 Å². The van der Waals surface area contributed by atoms with Crippen molar-refractivity contribution in [1.82, 2.24) is 9.97 Å². The van der Waals surface area contributed by atoms with Gasteiger partial charge in [0.2, 0.25) is 5.88 Å². The van der Waals surface area contributed by atoms with Crippen molar-refractivity contribution in [2.75, 3.05) is 25.6 Å². The first kappa shape index (κ1) is 24.2. The molecule has 1 aliphatic heterocycles. The highest BCUT2D eigenvalue weighted by Gasteiger charge is 2.66. The lowest BCUT2D eigenvalue weighted by atomic mass is 9.85. The predicted octanol–water partition coefficient (Wildman–Crippen LogP) is 3.49. The quantitative estimate of drug-likeness (QED) is 0.561. The van der Waals surface area contributed by atoms with E-state index in [0.29, 0.717) is 11.8 Å². The van der Waals surface area contributed by atoms with E-state index < -0.39 is 30.0 Å². The van der Waals surface area contributed by atoms with E-state index in [2.05, 4.69) is 25.0 Å². The van der Waals surface area contributed by atoms with Crippen LogP contribution < -0.4 is 15.8 Å².